The molecule has 3 aromatic rings. The Bertz CT molecular complexity index is 1510. The van der Waals surface area contributed by atoms with Crippen LogP contribution in [0.5, 0.6) is 0 Å². The van der Waals surface area contributed by atoms with E-state index < -0.39 is 28.5 Å². The van der Waals surface area contributed by atoms with Crippen molar-refractivity contribution in [2.24, 2.45) is 0 Å². The van der Waals surface area contributed by atoms with Crippen LogP contribution < -0.4 is 9.62 Å². The Labute approximate surface area is 262 Å². The summed E-state index contributed by atoms with van der Waals surface area (Å²) >= 11 is 9.75. The van der Waals surface area contributed by atoms with Crippen LogP contribution in [-0.2, 0) is 26.2 Å². The Morgan fingerprint density at radius 1 is 0.976 bits per heavy atom. The molecular weight excluding hydrogens is 638 g/mol. The highest BCUT2D eigenvalue weighted by Crippen LogP contribution is 2.30. The first-order valence-electron chi connectivity index (χ1n) is 14.2. The molecule has 0 bridgehead atoms. The fourth-order valence-corrected chi connectivity index (χ4v) is 7.04. The van der Waals surface area contributed by atoms with Gasteiger partial charge in [0.1, 0.15) is 12.6 Å². The summed E-state index contributed by atoms with van der Waals surface area (Å²) in [4.78, 5) is 29.1. The van der Waals surface area contributed by atoms with E-state index in [1.54, 1.807) is 44.2 Å². The maximum atomic E-state index is 14.2. The van der Waals surface area contributed by atoms with Gasteiger partial charge in [0.25, 0.3) is 10.0 Å². The Hall–Kier alpha value is -2.88. The number of halogens is 2. The monoisotopic (exact) mass is 673 g/mol. The number of nitrogens with one attached hydrogen (secondary N) is 1. The molecule has 42 heavy (non-hydrogen) atoms. The molecule has 1 N–H and O–H groups in total. The molecule has 4 rings (SSSR count). The highest BCUT2D eigenvalue weighted by atomic mass is 79.9. The van der Waals surface area contributed by atoms with Gasteiger partial charge >= 0.3 is 0 Å². The first-order chi connectivity index (χ1) is 20.0. The molecule has 1 aliphatic rings. The number of rotatable bonds is 10. The molecule has 224 valence electrons. The van der Waals surface area contributed by atoms with Gasteiger partial charge in [-0.2, -0.15) is 0 Å². The second-order valence-electron chi connectivity index (χ2n) is 10.9. The van der Waals surface area contributed by atoms with Crippen molar-refractivity contribution >= 4 is 55.1 Å². The normalized spacial score (nSPS) is 14.7. The second-order valence-corrected chi connectivity index (χ2v) is 14.1. The van der Waals surface area contributed by atoms with Crippen LogP contribution in [0.2, 0.25) is 5.02 Å². The number of aryl methyl sites for hydroxylation is 2. The zero-order chi connectivity index (χ0) is 30.4. The zero-order valence-electron chi connectivity index (χ0n) is 24.1. The third-order valence-electron chi connectivity index (χ3n) is 7.71. The van der Waals surface area contributed by atoms with Crippen molar-refractivity contribution in [2.75, 3.05) is 10.8 Å². The van der Waals surface area contributed by atoms with Crippen LogP contribution in [0.1, 0.15) is 55.7 Å². The molecule has 0 unspecified atom stereocenters. The number of carbonyl (C=O) groups is 2. The van der Waals surface area contributed by atoms with E-state index in [0.717, 1.165) is 52.0 Å². The van der Waals surface area contributed by atoms with Crippen LogP contribution >= 0.6 is 27.5 Å². The van der Waals surface area contributed by atoms with E-state index in [4.69, 9.17) is 11.6 Å². The molecule has 1 fully saturated rings. The van der Waals surface area contributed by atoms with Crippen molar-refractivity contribution in [3.8, 4) is 0 Å². The fraction of sp³-hybridized carbons (Fsp3) is 0.375. The molecule has 10 heteroatoms. The van der Waals surface area contributed by atoms with Gasteiger partial charge in [-0.15, -0.1) is 0 Å². The lowest BCUT2D eigenvalue weighted by Gasteiger charge is -2.33. The minimum Gasteiger partial charge on any atom is -0.352 e. The molecule has 3 aromatic carbocycles. The third-order valence-corrected chi connectivity index (χ3v) is 10.3. The van der Waals surface area contributed by atoms with Crippen molar-refractivity contribution in [1.29, 1.82) is 0 Å². The average molecular weight is 675 g/mol. The number of sulfonamides is 1. The minimum atomic E-state index is -4.17. The standard InChI is InChI=1S/C32H37BrClN3O4S/c1-22-9-17-29(18-10-22)42(40,41)37(30-19-27(34)16-11-23(30)2)21-31(38)36(20-25-12-14-26(33)15-13-25)24(3)32(39)35-28-7-5-4-6-8-28/h9-19,24,28H,4-8,20-21H2,1-3H3,(H,35,39)/t24-/m0/s1. The van der Waals surface area contributed by atoms with Gasteiger partial charge in [0.15, 0.2) is 0 Å². The Morgan fingerprint density at radius 2 is 1.62 bits per heavy atom. The molecule has 0 aliphatic heterocycles. The third kappa shape index (κ3) is 7.94. The number of benzene rings is 3. The lowest BCUT2D eigenvalue weighted by atomic mass is 9.95. The summed E-state index contributed by atoms with van der Waals surface area (Å²) in [6, 6.07) is 18.2. The van der Waals surface area contributed by atoms with Gasteiger partial charge in [0, 0.05) is 22.1 Å². The van der Waals surface area contributed by atoms with Crippen LogP contribution in [0.4, 0.5) is 5.69 Å². The SMILES string of the molecule is Cc1ccc(S(=O)(=O)N(CC(=O)N(Cc2ccc(Br)cc2)[C@@H](C)C(=O)NC2CCCCC2)c2cc(Cl)ccc2C)cc1. The Morgan fingerprint density at radius 3 is 2.26 bits per heavy atom. The van der Waals surface area contributed by atoms with Crippen molar-refractivity contribution in [3.05, 3.63) is 92.9 Å². The van der Waals surface area contributed by atoms with Crippen molar-refractivity contribution in [3.63, 3.8) is 0 Å². The van der Waals surface area contributed by atoms with Gasteiger partial charge in [-0.3, -0.25) is 13.9 Å². The summed E-state index contributed by atoms with van der Waals surface area (Å²) in [5.41, 5.74) is 2.68. The van der Waals surface area contributed by atoms with Gasteiger partial charge in [-0.25, -0.2) is 8.42 Å². The topological polar surface area (TPSA) is 86.8 Å². The number of hydrogen-bond acceptors (Lipinski definition) is 4. The molecular formula is C32H37BrClN3O4S. The number of anilines is 1. The summed E-state index contributed by atoms with van der Waals surface area (Å²) in [5, 5.41) is 3.47. The Balaban J connectivity index is 1.70. The summed E-state index contributed by atoms with van der Waals surface area (Å²) in [6.07, 6.45) is 5.10. The van der Waals surface area contributed by atoms with E-state index in [9.17, 15) is 18.0 Å². The number of amides is 2. The quantitative estimate of drug-likeness (QED) is 0.257. The molecule has 1 atom stereocenters. The van der Waals surface area contributed by atoms with Gasteiger partial charge in [0.05, 0.1) is 10.6 Å². The first kappa shape index (κ1) is 32.0. The van der Waals surface area contributed by atoms with Crippen LogP contribution in [0.15, 0.2) is 76.1 Å². The minimum absolute atomic E-state index is 0.0582. The molecule has 0 aromatic heterocycles. The van der Waals surface area contributed by atoms with Crippen LogP contribution in [0.3, 0.4) is 0 Å². The van der Waals surface area contributed by atoms with Crippen LogP contribution in [0, 0.1) is 13.8 Å². The maximum absolute atomic E-state index is 14.2. The largest absolute Gasteiger partial charge is 0.352 e. The first-order valence-corrected chi connectivity index (χ1v) is 16.8. The van der Waals surface area contributed by atoms with E-state index in [1.165, 1.54) is 17.0 Å². The average Bonchev–Trinajstić information content (AvgIpc) is 2.97. The molecule has 2 amide bonds. The van der Waals surface area contributed by atoms with E-state index in [1.807, 2.05) is 31.2 Å². The summed E-state index contributed by atoms with van der Waals surface area (Å²) < 4.78 is 30.1. The highest BCUT2D eigenvalue weighted by molar-refractivity contribution is 9.10. The lowest BCUT2D eigenvalue weighted by Crippen LogP contribution is -2.53. The smallest absolute Gasteiger partial charge is 0.264 e. The highest BCUT2D eigenvalue weighted by Gasteiger charge is 2.34. The molecule has 0 saturated heterocycles. The molecule has 1 aliphatic carbocycles. The van der Waals surface area contributed by atoms with Crippen LogP contribution in [0.25, 0.3) is 0 Å². The fourth-order valence-electron chi connectivity index (χ4n) is 5.14. The molecule has 7 nitrogen and oxygen atoms in total. The second kappa shape index (κ2) is 14.1. The molecule has 0 heterocycles. The number of nitrogens with zero attached hydrogens (tertiary/aromatic N) is 2. The maximum Gasteiger partial charge on any atom is 0.264 e. The lowest BCUT2D eigenvalue weighted by molar-refractivity contribution is -0.139. The van der Waals surface area contributed by atoms with Crippen LogP contribution in [-0.4, -0.2) is 43.8 Å². The van der Waals surface area contributed by atoms with Crippen molar-refractivity contribution < 1.29 is 18.0 Å². The molecule has 0 spiro atoms. The van der Waals surface area contributed by atoms with Crippen molar-refractivity contribution in [2.45, 2.75) is 76.4 Å². The van der Waals surface area contributed by atoms with Gasteiger partial charge in [-0.1, -0.05) is 82.7 Å². The van der Waals surface area contributed by atoms with Gasteiger partial charge in [0.2, 0.25) is 11.8 Å². The summed E-state index contributed by atoms with van der Waals surface area (Å²) in [5.74, 6) is -0.751. The van der Waals surface area contributed by atoms with Gasteiger partial charge < -0.3 is 10.2 Å². The predicted molar refractivity (Wildman–Crippen MR) is 171 cm³/mol. The van der Waals surface area contributed by atoms with Gasteiger partial charge in [-0.05, 0) is 81.1 Å². The number of carbonyl (C=O) groups excluding carboxylic acids is 2. The predicted octanol–water partition coefficient (Wildman–Crippen LogP) is 6.78. The molecule has 0 radical (unpaired) electrons. The zero-order valence-corrected chi connectivity index (χ0v) is 27.3. The Kier molecular flexibility index (Phi) is 10.7. The molecule has 1 saturated carbocycles. The van der Waals surface area contributed by atoms with E-state index in [2.05, 4.69) is 21.2 Å². The summed E-state index contributed by atoms with van der Waals surface area (Å²) in [7, 11) is -4.17. The van der Waals surface area contributed by atoms with Crippen molar-refractivity contribution in [1.82, 2.24) is 10.2 Å². The summed E-state index contributed by atoms with van der Waals surface area (Å²) in [6.45, 7) is 4.97. The van der Waals surface area contributed by atoms with E-state index >= 15 is 0 Å². The van der Waals surface area contributed by atoms with E-state index in [-0.39, 0.29) is 23.4 Å². The number of hydrogen-bond donors (Lipinski definition) is 1. The van der Waals surface area contributed by atoms with E-state index in [0.29, 0.717) is 16.3 Å².